The molecule has 0 spiro atoms. The van der Waals surface area contributed by atoms with Gasteiger partial charge in [-0.1, -0.05) is 0 Å². The van der Waals surface area contributed by atoms with Crippen LogP contribution in [0, 0.1) is 32.8 Å². The van der Waals surface area contributed by atoms with Gasteiger partial charge >= 0.3 is 0 Å². The fourth-order valence-corrected chi connectivity index (χ4v) is 1.18. The number of hydrogen-bond donors (Lipinski definition) is 0. The molecule has 0 radical (unpaired) electrons. The van der Waals surface area contributed by atoms with E-state index in [1.54, 1.807) is 0 Å². The fourth-order valence-electron chi connectivity index (χ4n) is 1.18. The number of ether oxygens (including phenoxy) is 1. The van der Waals surface area contributed by atoms with Crippen LogP contribution in [0.25, 0.3) is 0 Å². The highest BCUT2D eigenvalue weighted by Crippen LogP contribution is 2.23. The van der Waals surface area contributed by atoms with Crippen LogP contribution in [0.4, 0.5) is 5.69 Å². The van der Waals surface area contributed by atoms with Gasteiger partial charge in [-0.05, 0) is 12.5 Å². The quantitative estimate of drug-likeness (QED) is 0.439. The number of nitriles is 2. The first kappa shape index (κ1) is 12.5. The van der Waals surface area contributed by atoms with Crippen molar-refractivity contribution in [3.05, 3.63) is 33.9 Å². The van der Waals surface area contributed by atoms with Crippen LogP contribution in [0.15, 0.2) is 18.2 Å². The van der Waals surface area contributed by atoms with Crippen molar-refractivity contribution in [2.45, 2.75) is 12.8 Å². The van der Waals surface area contributed by atoms with Gasteiger partial charge in [-0.25, -0.2) is 0 Å². The third-order valence-electron chi connectivity index (χ3n) is 1.98. The molecule has 0 aliphatic carbocycles. The molecule has 0 saturated carbocycles. The molecule has 1 aromatic carbocycles. The maximum atomic E-state index is 10.5. The lowest BCUT2D eigenvalue weighted by atomic mass is 10.2. The van der Waals surface area contributed by atoms with Gasteiger partial charge in [-0.3, -0.25) is 10.1 Å². The van der Waals surface area contributed by atoms with Crippen LogP contribution in [0.3, 0.4) is 0 Å². The van der Waals surface area contributed by atoms with E-state index in [2.05, 4.69) is 0 Å². The average Bonchev–Trinajstić information content (AvgIpc) is 2.34. The van der Waals surface area contributed by atoms with E-state index in [0.717, 1.165) is 0 Å². The molecule has 1 rings (SSSR count). The molecule has 17 heavy (non-hydrogen) atoms. The van der Waals surface area contributed by atoms with Crippen LogP contribution in [-0.4, -0.2) is 11.5 Å². The zero-order chi connectivity index (χ0) is 12.7. The van der Waals surface area contributed by atoms with Crippen molar-refractivity contribution in [2.75, 3.05) is 6.61 Å². The third kappa shape index (κ3) is 3.47. The van der Waals surface area contributed by atoms with E-state index >= 15 is 0 Å². The van der Waals surface area contributed by atoms with Gasteiger partial charge < -0.3 is 4.74 Å². The molecule has 1 aromatic rings. The Hall–Kier alpha value is -2.60. The monoisotopic (exact) mass is 231 g/mol. The molecule has 0 bridgehead atoms. The van der Waals surface area contributed by atoms with Crippen molar-refractivity contribution in [1.82, 2.24) is 0 Å². The number of non-ortho nitro benzene ring substituents is 1. The largest absolute Gasteiger partial charge is 0.492 e. The standard InChI is InChI=1S/C11H9N3O3/c12-5-1-2-6-17-11-4-3-10(14(15)16)7-9(11)8-13/h3-4,7H,1-2,6H2. The molecule has 0 unspecified atom stereocenters. The lowest BCUT2D eigenvalue weighted by Gasteiger charge is -2.05. The van der Waals surface area contributed by atoms with E-state index in [4.69, 9.17) is 15.3 Å². The fraction of sp³-hybridized carbons (Fsp3) is 0.273. The minimum atomic E-state index is -0.569. The first-order valence-corrected chi connectivity index (χ1v) is 4.87. The Morgan fingerprint density at radius 2 is 2.18 bits per heavy atom. The summed E-state index contributed by atoms with van der Waals surface area (Å²) in [6.45, 7) is 0.306. The topological polar surface area (TPSA) is 99.9 Å². The highest BCUT2D eigenvalue weighted by atomic mass is 16.6. The summed E-state index contributed by atoms with van der Waals surface area (Å²) in [5.74, 6) is 0.302. The SMILES string of the molecule is N#CCCCOc1ccc([N+](=O)[O-])cc1C#N. The summed E-state index contributed by atoms with van der Waals surface area (Å²) in [6.07, 6.45) is 0.924. The van der Waals surface area contributed by atoms with E-state index in [1.807, 2.05) is 12.1 Å². The lowest BCUT2D eigenvalue weighted by Crippen LogP contribution is -1.99. The maximum absolute atomic E-state index is 10.5. The zero-order valence-corrected chi connectivity index (χ0v) is 8.92. The van der Waals surface area contributed by atoms with Crippen molar-refractivity contribution >= 4 is 5.69 Å². The Kier molecular flexibility index (Phi) is 4.46. The second-order valence-electron chi connectivity index (χ2n) is 3.16. The average molecular weight is 231 g/mol. The van der Waals surface area contributed by atoms with Crippen LogP contribution >= 0.6 is 0 Å². The van der Waals surface area contributed by atoms with Gasteiger partial charge in [-0.2, -0.15) is 10.5 Å². The van der Waals surface area contributed by atoms with Crippen LogP contribution in [-0.2, 0) is 0 Å². The minimum Gasteiger partial charge on any atom is -0.492 e. The number of benzene rings is 1. The summed E-state index contributed by atoms with van der Waals surface area (Å²) in [6, 6.07) is 7.65. The Bertz CT molecular complexity index is 500. The van der Waals surface area contributed by atoms with E-state index < -0.39 is 4.92 Å². The molecule has 0 saturated heterocycles. The molecule has 6 nitrogen and oxygen atoms in total. The Balaban J connectivity index is 2.77. The molecule has 0 N–H and O–H groups in total. The summed E-state index contributed by atoms with van der Waals surface area (Å²) in [5, 5.41) is 27.7. The molecule has 0 fully saturated rings. The lowest BCUT2D eigenvalue weighted by molar-refractivity contribution is -0.384. The molecule has 0 amide bonds. The number of nitro benzene ring substituents is 1. The molecular formula is C11H9N3O3. The molecular weight excluding hydrogens is 222 g/mol. The highest BCUT2D eigenvalue weighted by Gasteiger charge is 2.11. The third-order valence-corrected chi connectivity index (χ3v) is 1.98. The molecule has 0 aliphatic heterocycles. The number of rotatable bonds is 5. The van der Waals surface area contributed by atoms with Gasteiger partial charge in [0.15, 0.2) is 0 Å². The molecule has 0 atom stereocenters. The summed E-state index contributed by atoms with van der Waals surface area (Å²) < 4.78 is 5.27. The normalized spacial score (nSPS) is 9.06. The Labute approximate surface area is 97.8 Å². The number of nitro groups is 1. The van der Waals surface area contributed by atoms with Crippen LogP contribution < -0.4 is 4.74 Å². The second kappa shape index (κ2) is 6.09. The maximum Gasteiger partial charge on any atom is 0.271 e. The first-order valence-electron chi connectivity index (χ1n) is 4.87. The minimum absolute atomic E-state index is 0.121. The predicted octanol–water partition coefficient (Wildman–Crippen LogP) is 2.15. The van der Waals surface area contributed by atoms with Crippen molar-refractivity contribution < 1.29 is 9.66 Å². The zero-order valence-electron chi connectivity index (χ0n) is 8.92. The number of nitrogens with zero attached hydrogens (tertiary/aromatic N) is 3. The van der Waals surface area contributed by atoms with E-state index in [0.29, 0.717) is 25.2 Å². The smallest absolute Gasteiger partial charge is 0.271 e. The summed E-state index contributed by atoms with van der Waals surface area (Å²) in [5.41, 5.74) is -0.0258. The van der Waals surface area contributed by atoms with Gasteiger partial charge in [0.1, 0.15) is 17.4 Å². The molecule has 0 aromatic heterocycles. The van der Waals surface area contributed by atoms with Gasteiger partial charge in [0, 0.05) is 18.6 Å². The Morgan fingerprint density at radius 1 is 1.41 bits per heavy atom. The first-order chi connectivity index (χ1) is 8.19. The van der Waals surface area contributed by atoms with Gasteiger partial charge in [0.25, 0.3) is 5.69 Å². The summed E-state index contributed by atoms with van der Waals surface area (Å²) in [7, 11) is 0. The number of unbranched alkanes of at least 4 members (excludes halogenated alkanes) is 1. The highest BCUT2D eigenvalue weighted by molar-refractivity contribution is 5.50. The summed E-state index contributed by atoms with van der Waals surface area (Å²) in [4.78, 5) is 9.93. The van der Waals surface area contributed by atoms with E-state index in [-0.39, 0.29) is 11.3 Å². The molecule has 0 aliphatic rings. The molecule has 86 valence electrons. The second-order valence-corrected chi connectivity index (χ2v) is 3.16. The Morgan fingerprint density at radius 3 is 2.76 bits per heavy atom. The van der Waals surface area contributed by atoms with Gasteiger partial charge in [-0.15, -0.1) is 0 Å². The molecule has 6 heteroatoms. The van der Waals surface area contributed by atoms with Gasteiger partial charge in [0.05, 0.1) is 17.6 Å². The van der Waals surface area contributed by atoms with Crippen molar-refractivity contribution in [2.24, 2.45) is 0 Å². The van der Waals surface area contributed by atoms with Crippen molar-refractivity contribution in [1.29, 1.82) is 10.5 Å². The summed E-state index contributed by atoms with van der Waals surface area (Å²) >= 11 is 0. The van der Waals surface area contributed by atoms with Gasteiger partial charge in [0.2, 0.25) is 0 Å². The molecule has 0 heterocycles. The van der Waals surface area contributed by atoms with Crippen LogP contribution in [0.1, 0.15) is 18.4 Å². The number of hydrogen-bond acceptors (Lipinski definition) is 5. The van der Waals surface area contributed by atoms with Crippen molar-refractivity contribution in [3.8, 4) is 17.9 Å². The van der Waals surface area contributed by atoms with Crippen molar-refractivity contribution in [3.63, 3.8) is 0 Å². The van der Waals surface area contributed by atoms with Crippen LogP contribution in [0.5, 0.6) is 5.75 Å². The predicted molar refractivity (Wildman–Crippen MR) is 58.2 cm³/mol. The van der Waals surface area contributed by atoms with E-state index in [9.17, 15) is 10.1 Å². The van der Waals surface area contributed by atoms with Crippen LogP contribution in [0.2, 0.25) is 0 Å². The van der Waals surface area contributed by atoms with E-state index in [1.165, 1.54) is 18.2 Å².